The van der Waals surface area contributed by atoms with Crippen LogP contribution in [0.4, 0.5) is 0 Å². The van der Waals surface area contributed by atoms with Crippen molar-refractivity contribution in [2.75, 3.05) is 0 Å². The summed E-state index contributed by atoms with van der Waals surface area (Å²) in [6, 6.07) is -0.623. The summed E-state index contributed by atoms with van der Waals surface area (Å²) in [6.07, 6.45) is 1.45. The van der Waals surface area contributed by atoms with Gasteiger partial charge in [0.05, 0.1) is 6.04 Å². The van der Waals surface area contributed by atoms with Gasteiger partial charge < -0.3 is 11.5 Å². The summed E-state index contributed by atoms with van der Waals surface area (Å²) >= 11 is 0. The maximum absolute atomic E-state index is 11.1. The third-order valence-electron chi connectivity index (χ3n) is 2.68. The van der Waals surface area contributed by atoms with E-state index in [1.165, 1.54) is 0 Å². The molecule has 1 aliphatic rings. The predicted octanol–water partition coefficient (Wildman–Crippen LogP) is 0.0301. The first kappa shape index (κ1) is 8.68. The summed E-state index contributed by atoms with van der Waals surface area (Å²) in [7, 11) is 0. The van der Waals surface area contributed by atoms with E-state index < -0.39 is 6.04 Å². The second kappa shape index (κ2) is 2.57. The van der Waals surface area contributed by atoms with Gasteiger partial charge in [0.2, 0.25) is 0 Å². The van der Waals surface area contributed by atoms with Crippen LogP contribution in [0.3, 0.4) is 0 Å². The van der Waals surface area contributed by atoms with E-state index in [0.717, 1.165) is 6.42 Å². The summed E-state index contributed by atoms with van der Waals surface area (Å²) in [5, 5.41) is 0. The van der Waals surface area contributed by atoms with Crippen molar-refractivity contribution in [3.63, 3.8) is 0 Å². The average molecular weight is 156 g/mol. The van der Waals surface area contributed by atoms with Gasteiger partial charge >= 0.3 is 0 Å². The van der Waals surface area contributed by atoms with E-state index in [-0.39, 0.29) is 17.2 Å². The van der Waals surface area contributed by atoms with Gasteiger partial charge in [-0.2, -0.15) is 0 Å². The Balaban J connectivity index is 2.75. The highest BCUT2D eigenvalue weighted by molar-refractivity contribution is 5.85. The number of nitrogens with two attached hydrogens (primary N) is 2. The SMILES string of the molecule is CC1(C)CCC(=O)C(N)C1N. The highest BCUT2D eigenvalue weighted by Crippen LogP contribution is 2.31. The molecule has 0 aromatic heterocycles. The van der Waals surface area contributed by atoms with Crippen molar-refractivity contribution in [3.8, 4) is 0 Å². The van der Waals surface area contributed by atoms with E-state index in [1.807, 2.05) is 0 Å². The summed E-state index contributed by atoms with van der Waals surface area (Å²) in [5.74, 6) is 0.108. The molecular weight excluding hydrogens is 140 g/mol. The van der Waals surface area contributed by atoms with Crippen molar-refractivity contribution in [3.05, 3.63) is 0 Å². The summed E-state index contributed by atoms with van der Waals surface area (Å²) < 4.78 is 0. The molecule has 1 saturated carbocycles. The van der Waals surface area contributed by atoms with Crippen LogP contribution < -0.4 is 11.5 Å². The Kier molecular flexibility index (Phi) is 2.03. The number of carbonyl (C=O) groups excluding carboxylic acids is 1. The summed E-state index contributed by atoms with van der Waals surface area (Å²) in [5.41, 5.74) is 11.4. The molecule has 0 spiro atoms. The molecule has 2 atom stereocenters. The molecule has 4 N–H and O–H groups in total. The topological polar surface area (TPSA) is 69.1 Å². The molecule has 11 heavy (non-hydrogen) atoms. The molecule has 0 aromatic carbocycles. The predicted molar refractivity (Wildman–Crippen MR) is 44.0 cm³/mol. The van der Waals surface area contributed by atoms with Gasteiger partial charge in [-0.1, -0.05) is 13.8 Å². The highest BCUT2D eigenvalue weighted by atomic mass is 16.1. The van der Waals surface area contributed by atoms with Crippen LogP contribution in [0, 0.1) is 5.41 Å². The number of carbonyl (C=O) groups is 1. The van der Waals surface area contributed by atoms with E-state index >= 15 is 0 Å². The van der Waals surface area contributed by atoms with Crippen LogP contribution in [0.1, 0.15) is 26.7 Å². The minimum Gasteiger partial charge on any atom is -0.326 e. The minimum atomic E-state index is -0.446. The van der Waals surface area contributed by atoms with E-state index in [0.29, 0.717) is 6.42 Å². The maximum Gasteiger partial charge on any atom is 0.151 e. The molecule has 0 aliphatic heterocycles. The van der Waals surface area contributed by atoms with Crippen LogP contribution >= 0.6 is 0 Å². The highest BCUT2D eigenvalue weighted by Gasteiger charge is 2.38. The average Bonchev–Trinajstić information content (AvgIpc) is 1.95. The number of rotatable bonds is 0. The Morgan fingerprint density at radius 1 is 1.45 bits per heavy atom. The minimum absolute atomic E-state index is 0.0212. The van der Waals surface area contributed by atoms with E-state index in [2.05, 4.69) is 13.8 Å². The Hall–Kier alpha value is -0.410. The molecule has 0 saturated heterocycles. The first-order valence-corrected chi connectivity index (χ1v) is 3.99. The van der Waals surface area contributed by atoms with Gasteiger partial charge in [-0.3, -0.25) is 4.79 Å². The Bertz CT molecular complexity index is 177. The normalized spacial score (nSPS) is 37.3. The van der Waals surface area contributed by atoms with Gasteiger partial charge in [-0.05, 0) is 11.8 Å². The standard InChI is InChI=1S/C8H16N2O/c1-8(2)4-3-5(11)6(9)7(8)10/h6-7H,3-4,9-10H2,1-2H3. The molecule has 1 aliphatic carbocycles. The van der Waals surface area contributed by atoms with Crippen molar-refractivity contribution in [2.24, 2.45) is 16.9 Å². The number of Topliss-reactive ketones (excluding diaryl/α,β-unsaturated/α-hetero) is 1. The molecule has 0 heterocycles. The van der Waals surface area contributed by atoms with E-state index in [1.54, 1.807) is 0 Å². The van der Waals surface area contributed by atoms with Crippen molar-refractivity contribution in [2.45, 2.75) is 38.8 Å². The lowest BCUT2D eigenvalue weighted by Gasteiger charge is -2.39. The van der Waals surface area contributed by atoms with Crippen molar-refractivity contribution in [1.82, 2.24) is 0 Å². The molecule has 1 fully saturated rings. The molecule has 3 heteroatoms. The van der Waals surface area contributed by atoms with Crippen LogP contribution in [0.25, 0.3) is 0 Å². The lowest BCUT2D eigenvalue weighted by molar-refractivity contribution is -0.124. The van der Waals surface area contributed by atoms with Crippen LogP contribution in [0.2, 0.25) is 0 Å². The Morgan fingerprint density at radius 3 is 2.45 bits per heavy atom. The Morgan fingerprint density at radius 2 is 2.00 bits per heavy atom. The number of hydrogen-bond acceptors (Lipinski definition) is 3. The van der Waals surface area contributed by atoms with Gasteiger partial charge in [-0.15, -0.1) is 0 Å². The fraction of sp³-hybridized carbons (Fsp3) is 0.875. The second-order valence-electron chi connectivity index (χ2n) is 4.01. The van der Waals surface area contributed by atoms with Crippen LogP contribution in [-0.4, -0.2) is 17.9 Å². The molecule has 64 valence electrons. The van der Waals surface area contributed by atoms with Crippen molar-refractivity contribution >= 4 is 5.78 Å². The molecule has 3 nitrogen and oxygen atoms in total. The molecule has 1 rings (SSSR count). The lowest BCUT2D eigenvalue weighted by atomic mass is 9.71. The monoisotopic (exact) mass is 156 g/mol. The first-order valence-electron chi connectivity index (χ1n) is 3.99. The van der Waals surface area contributed by atoms with Crippen molar-refractivity contribution < 1.29 is 4.79 Å². The zero-order valence-corrected chi connectivity index (χ0v) is 7.13. The first-order chi connectivity index (χ1) is 4.95. The fourth-order valence-corrected chi connectivity index (χ4v) is 1.47. The maximum atomic E-state index is 11.1. The molecular formula is C8H16N2O. The van der Waals surface area contributed by atoms with Gasteiger partial charge in [-0.25, -0.2) is 0 Å². The largest absolute Gasteiger partial charge is 0.326 e. The summed E-state index contributed by atoms with van der Waals surface area (Å²) in [4.78, 5) is 11.1. The zero-order chi connectivity index (χ0) is 8.65. The van der Waals surface area contributed by atoms with Gasteiger partial charge in [0.25, 0.3) is 0 Å². The molecule has 0 radical (unpaired) electrons. The van der Waals surface area contributed by atoms with Gasteiger partial charge in [0, 0.05) is 12.5 Å². The van der Waals surface area contributed by atoms with E-state index in [9.17, 15) is 4.79 Å². The number of ketones is 1. The van der Waals surface area contributed by atoms with Crippen LogP contribution in [-0.2, 0) is 4.79 Å². The van der Waals surface area contributed by atoms with Gasteiger partial charge in [0.15, 0.2) is 5.78 Å². The third-order valence-corrected chi connectivity index (χ3v) is 2.68. The molecule has 0 amide bonds. The fourth-order valence-electron chi connectivity index (χ4n) is 1.47. The quantitative estimate of drug-likeness (QED) is 0.520. The number of hydrogen-bond donors (Lipinski definition) is 2. The summed E-state index contributed by atoms with van der Waals surface area (Å²) in [6.45, 7) is 4.12. The van der Waals surface area contributed by atoms with E-state index in [4.69, 9.17) is 11.5 Å². The zero-order valence-electron chi connectivity index (χ0n) is 7.13. The van der Waals surface area contributed by atoms with Crippen LogP contribution in [0.15, 0.2) is 0 Å². The smallest absolute Gasteiger partial charge is 0.151 e. The van der Waals surface area contributed by atoms with Gasteiger partial charge in [0.1, 0.15) is 0 Å². The molecule has 2 unspecified atom stereocenters. The second-order valence-corrected chi connectivity index (χ2v) is 4.01. The lowest BCUT2D eigenvalue weighted by Crippen LogP contribution is -2.57. The molecule has 0 bridgehead atoms. The molecule has 0 aromatic rings. The van der Waals surface area contributed by atoms with Crippen LogP contribution in [0.5, 0.6) is 0 Å². The Labute approximate surface area is 67.1 Å². The third kappa shape index (κ3) is 1.44. The van der Waals surface area contributed by atoms with Crippen molar-refractivity contribution in [1.29, 1.82) is 0 Å².